The van der Waals surface area contributed by atoms with Gasteiger partial charge in [-0.3, -0.25) is 30.0 Å². The highest BCUT2D eigenvalue weighted by molar-refractivity contribution is 5.43. The number of alkyl halides is 3. The lowest BCUT2D eigenvalue weighted by Gasteiger charge is -2.54. The monoisotopic (exact) mass is 480 g/mol. The lowest BCUT2D eigenvalue weighted by atomic mass is 9.62. The van der Waals surface area contributed by atoms with Crippen LogP contribution in [0.1, 0.15) is 51.3 Å². The fourth-order valence-corrected chi connectivity index (χ4v) is 6.98. The van der Waals surface area contributed by atoms with Crippen molar-refractivity contribution in [1.82, 2.24) is 25.6 Å². The number of nitrogens with one attached hydrogen (secondary N) is 3. The van der Waals surface area contributed by atoms with E-state index >= 15 is 0 Å². The smallest absolute Gasteiger partial charge is 0.257 e. The summed E-state index contributed by atoms with van der Waals surface area (Å²) >= 11 is 0. The quantitative estimate of drug-likeness (QED) is 0.530. The SMILES string of the molecule is C[C@@H]1CC2C3CNNC3CCC2[C@@H](c2ccc(NC3CN(CCCF)C3)cn2)N1CC(C)(F)F. The van der Waals surface area contributed by atoms with Gasteiger partial charge in [-0.2, -0.15) is 0 Å². The summed E-state index contributed by atoms with van der Waals surface area (Å²) in [7, 11) is 0. The fourth-order valence-electron chi connectivity index (χ4n) is 6.98. The highest BCUT2D eigenvalue weighted by Crippen LogP contribution is 2.51. The van der Waals surface area contributed by atoms with Crippen molar-refractivity contribution >= 4 is 5.69 Å². The molecule has 190 valence electrons. The van der Waals surface area contributed by atoms with E-state index in [4.69, 9.17) is 4.98 Å². The third kappa shape index (κ3) is 5.08. The minimum absolute atomic E-state index is 0.0845. The number of halogens is 3. The van der Waals surface area contributed by atoms with Crippen LogP contribution in [0.15, 0.2) is 18.3 Å². The lowest BCUT2D eigenvalue weighted by molar-refractivity contribution is -0.0935. The van der Waals surface area contributed by atoms with Gasteiger partial charge < -0.3 is 5.32 Å². The molecule has 4 unspecified atom stereocenters. The van der Waals surface area contributed by atoms with Crippen molar-refractivity contribution in [2.75, 3.05) is 44.7 Å². The highest BCUT2D eigenvalue weighted by Gasteiger charge is 2.51. The number of hydrogen-bond donors (Lipinski definition) is 3. The molecule has 0 bridgehead atoms. The highest BCUT2D eigenvalue weighted by atomic mass is 19.3. The van der Waals surface area contributed by atoms with Crippen LogP contribution >= 0.6 is 0 Å². The van der Waals surface area contributed by atoms with Gasteiger partial charge in [0.25, 0.3) is 5.92 Å². The number of pyridine rings is 1. The third-order valence-corrected chi connectivity index (χ3v) is 8.48. The molecule has 9 heteroatoms. The summed E-state index contributed by atoms with van der Waals surface area (Å²) in [5.41, 5.74) is 8.64. The van der Waals surface area contributed by atoms with Crippen LogP contribution < -0.4 is 16.2 Å². The Morgan fingerprint density at radius 3 is 2.71 bits per heavy atom. The summed E-state index contributed by atoms with van der Waals surface area (Å²) in [6.45, 7) is 6.22. The van der Waals surface area contributed by atoms with E-state index < -0.39 is 5.92 Å². The Hall–Kier alpha value is -1.42. The van der Waals surface area contributed by atoms with Crippen LogP contribution in [0.25, 0.3) is 0 Å². The third-order valence-electron chi connectivity index (χ3n) is 8.48. The number of nitrogens with zero attached hydrogens (tertiary/aromatic N) is 3. The summed E-state index contributed by atoms with van der Waals surface area (Å²) in [6, 6.07) is 4.92. The number of piperidine rings is 1. The second kappa shape index (κ2) is 9.91. The number of fused-ring (bicyclic) bond motifs is 3. The van der Waals surface area contributed by atoms with E-state index in [-0.39, 0.29) is 25.3 Å². The maximum absolute atomic E-state index is 14.3. The largest absolute Gasteiger partial charge is 0.378 e. The molecule has 6 atom stereocenters. The Bertz CT molecular complexity index is 812. The fraction of sp³-hybridized carbons (Fsp3) is 0.800. The topological polar surface area (TPSA) is 55.5 Å². The lowest BCUT2D eigenvalue weighted by Crippen LogP contribution is -2.56. The van der Waals surface area contributed by atoms with E-state index in [1.165, 1.54) is 0 Å². The van der Waals surface area contributed by atoms with Gasteiger partial charge in [0.15, 0.2) is 0 Å². The summed E-state index contributed by atoms with van der Waals surface area (Å²) in [5.74, 6) is -1.35. The summed E-state index contributed by atoms with van der Waals surface area (Å²) in [5, 5.41) is 3.51. The second-order valence-electron chi connectivity index (χ2n) is 11.1. The van der Waals surface area contributed by atoms with Gasteiger partial charge in [-0.05, 0) is 62.5 Å². The number of hydrogen-bond acceptors (Lipinski definition) is 6. The van der Waals surface area contributed by atoms with Crippen LogP contribution in [0.4, 0.5) is 18.9 Å². The molecule has 3 saturated heterocycles. The molecule has 0 amide bonds. The number of hydrazine groups is 1. The van der Waals surface area contributed by atoms with Crippen LogP contribution in [0.2, 0.25) is 0 Å². The maximum Gasteiger partial charge on any atom is 0.257 e. The molecule has 4 heterocycles. The first-order chi connectivity index (χ1) is 16.3. The number of rotatable bonds is 8. The summed E-state index contributed by atoms with van der Waals surface area (Å²) in [4.78, 5) is 9.10. The molecule has 1 aromatic heterocycles. The van der Waals surface area contributed by atoms with Crippen LogP contribution in [-0.2, 0) is 0 Å². The van der Waals surface area contributed by atoms with E-state index in [2.05, 4.69) is 28.0 Å². The summed E-state index contributed by atoms with van der Waals surface area (Å²) in [6.07, 6.45) is 5.51. The minimum atomic E-state index is -2.74. The Labute approximate surface area is 201 Å². The average molecular weight is 481 g/mol. The van der Waals surface area contributed by atoms with Crippen molar-refractivity contribution < 1.29 is 13.2 Å². The van der Waals surface area contributed by atoms with E-state index in [1.807, 2.05) is 23.2 Å². The van der Waals surface area contributed by atoms with Crippen molar-refractivity contribution in [3.05, 3.63) is 24.0 Å². The van der Waals surface area contributed by atoms with Gasteiger partial charge in [0.05, 0.1) is 42.9 Å². The molecule has 1 aromatic rings. The van der Waals surface area contributed by atoms with Crippen molar-refractivity contribution in [1.29, 1.82) is 0 Å². The first-order valence-corrected chi connectivity index (χ1v) is 12.9. The first-order valence-electron chi connectivity index (χ1n) is 12.9. The van der Waals surface area contributed by atoms with Crippen molar-refractivity contribution in [3.8, 4) is 0 Å². The average Bonchev–Trinajstić information content (AvgIpc) is 3.25. The zero-order chi connectivity index (χ0) is 23.9. The molecule has 3 N–H and O–H groups in total. The predicted molar refractivity (Wildman–Crippen MR) is 127 cm³/mol. The molecular weight excluding hydrogens is 441 g/mol. The van der Waals surface area contributed by atoms with Crippen LogP contribution in [0.3, 0.4) is 0 Å². The predicted octanol–water partition coefficient (Wildman–Crippen LogP) is 3.45. The molecular formula is C25H39F3N6. The molecule has 5 rings (SSSR count). The first kappa shape index (κ1) is 24.3. The minimum Gasteiger partial charge on any atom is -0.378 e. The van der Waals surface area contributed by atoms with Crippen LogP contribution in [0.5, 0.6) is 0 Å². The molecule has 0 spiro atoms. The molecule has 3 aliphatic heterocycles. The van der Waals surface area contributed by atoms with E-state index in [9.17, 15) is 13.2 Å². The normalized spacial score (nSPS) is 35.0. The molecule has 34 heavy (non-hydrogen) atoms. The van der Waals surface area contributed by atoms with Gasteiger partial charge in [0.2, 0.25) is 0 Å². The van der Waals surface area contributed by atoms with Gasteiger partial charge in [0, 0.05) is 45.2 Å². The van der Waals surface area contributed by atoms with Gasteiger partial charge in [-0.15, -0.1) is 0 Å². The number of likely N-dealkylation sites (tertiary alicyclic amines) is 2. The van der Waals surface area contributed by atoms with E-state index in [1.54, 1.807) is 0 Å². The zero-order valence-corrected chi connectivity index (χ0v) is 20.3. The van der Waals surface area contributed by atoms with E-state index in [0.29, 0.717) is 36.3 Å². The number of anilines is 1. The van der Waals surface area contributed by atoms with Crippen LogP contribution in [-0.4, -0.2) is 78.2 Å². The van der Waals surface area contributed by atoms with Crippen molar-refractivity contribution in [3.63, 3.8) is 0 Å². The van der Waals surface area contributed by atoms with Gasteiger partial charge in [-0.1, -0.05) is 0 Å². The van der Waals surface area contributed by atoms with Gasteiger partial charge >= 0.3 is 0 Å². The maximum atomic E-state index is 14.3. The Morgan fingerprint density at radius 1 is 1.18 bits per heavy atom. The molecule has 0 radical (unpaired) electrons. The Morgan fingerprint density at radius 2 is 2.00 bits per heavy atom. The molecule has 1 aliphatic carbocycles. The molecule has 1 saturated carbocycles. The van der Waals surface area contributed by atoms with Gasteiger partial charge in [-0.25, -0.2) is 8.78 Å². The molecule has 0 aromatic carbocycles. The molecule has 4 aliphatic rings. The van der Waals surface area contributed by atoms with Crippen molar-refractivity contribution in [2.24, 2.45) is 17.8 Å². The molecule has 4 fully saturated rings. The second-order valence-corrected chi connectivity index (χ2v) is 11.1. The number of aromatic nitrogens is 1. The Balaban J connectivity index is 1.32. The standard InChI is InChI=1S/C25H39F3N6/c1-16-10-20-19(5-7-22-21(20)12-30-32-22)24(34(16)15-25(2,27)28)23-6-4-17(11-29-23)31-18-13-33(14-18)9-3-8-26/h4,6,11,16,18-22,24,30-32H,3,5,7-10,12-15H2,1-2H3/t16-,19?,20?,21?,22?,24+/m1/s1. The van der Waals surface area contributed by atoms with Crippen molar-refractivity contribution in [2.45, 2.75) is 69.6 Å². The van der Waals surface area contributed by atoms with E-state index in [0.717, 1.165) is 63.7 Å². The summed E-state index contributed by atoms with van der Waals surface area (Å²) < 4.78 is 40.9. The van der Waals surface area contributed by atoms with Gasteiger partial charge in [0.1, 0.15) is 0 Å². The van der Waals surface area contributed by atoms with Crippen LogP contribution in [0, 0.1) is 17.8 Å². The molecule has 6 nitrogen and oxygen atoms in total. The zero-order valence-electron chi connectivity index (χ0n) is 20.3. The Kier molecular flexibility index (Phi) is 7.08.